The normalized spacial score (nSPS) is 19.5. The van der Waals surface area contributed by atoms with E-state index in [1.807, 2.05) is 48.7 Å². The van der Waals surface area contributed by atoms with Crippen LogP contribution in [-0.2, 0) is 4.79 Å². The third kappa shape index (κ3) is 4.45. The largest absolute Gasteiger partial charge is 0.334 e. The quantitative estimate of drug-likeness (QED) is 0.549. The minimum atomic E-state index is -0.773. The maximum Gasteiger partial charge on any atom is 0.304 e. The van der Waals surface area contributed by atoms with E-state index in [4.69, 9.17) is 11.6 Å². The maximum absolute atomic E-state index is 12.8. The number of nitrogens with zero attached hydrogens (tertiary/aromatic N) is 1. The fourth-order valence-corrected chi connectivity index (χ4v) is 3.75. The number of halogens is 2. The standard InChI is InChI=1S/C23H17BrClN3O2/c24-18-10-6-15(7-11-18)14-28-21(16-8-12-19(25)13-9-16)20(23(30)27-28)26-22(29)17-4-2-1-3-5-17/h1-14,20-21H,(H-,26,27,29,30)/p+1/b28-14-/t20-,21-/m0/s1. The van der Waals surface area contributed by atoms with Gasteiger partial charge in [0, 0.05) is 26.2 Å². The van der Waals surface area contributed by atoms with Crippen LogP contribution in [0.15, 0.2) is 83.3 Å². The highest BCUT2D eigenvalue weighted by Crippen LogP contribution is 2.27. The van der Waals surface area contributed by atoms with Gasteiger partial charge in [-0.05, 0) is 48.5 Å². The minimum Gasteiger partial charge on any atom is -0.334 e. The van der Waals surface area contributed by atoms with Crippen LogP contribution in [0.5, 0.6) is 0 Å². The number of carbonyl (C=O) groups excluding carboxylic acids is 2. The van der Waals surface area contributed by atoms with Gasteiger partial charge in [0.25, 0.3) is 5.91 Å². The number of benzene rings is 3. The van der Waals surface area contributed by atoms with Crippen molar-refractivity contribution >= 4 is 45.6 Å². The summed E-state index contributed by atoms with van der Waals surface area (Å²) in [4.78, 5) is 25.6. The van der Waals surface area contributed by atoms with Crippen LogP contribution >= 0.6 is 27.5 Å². The second kappa shape index (κ2) is 8.81. The van der Waals surface area contributed by atoms with Crippen LogP contribution in [-0.4, -0.2) is 28.8 Å². The van der Waals surface area contributed by atoms with Crippen molar-refractivity contribution in [2.24, 2.45) is 0 Å². The molecule has 2 N–H and O–H groups in total. The highest BCUT2D eigenvalue weighted by molar-refractivity contribution is 9.10. The first-order valence-corrected chi connectivity index (χ1v) is 10.5. The van der Waals surface area contributed by atoms with E-state index in [0.29, 0.717) is 10.6 Å². The lowest BCUT2D eigenvalue weighted by atomic mass is 10.00. The number of carbonyl (C=O) groups is 2. The lowest BCUT2D eigenvalue weighted by molar-refractivity contribution is -0.596. The number of hydrazone groups is 1. The Morgan fingerprint density at radius 3 is 2.33 bits per heavy atom. The van der Waals surface area contributed by atoms with Gasteiger partial charge < -0.3 is 5.32 Å². The Bertz CT molecular complexity index is 1100. The van der Waals surface area contributed by atoms with E-state index in [9.17, 15) is 9.59 Å². The topological polar surface area (TPSA) is 61.2 Å². The first-order valence-electron chi connectivity index (χ1n) is 9.32. The second-order valence-corrected chi connectivity index (χ2v) is 8.23. The lowest BCUT2D eigenvalue weighted by Crippen LogP contribution is -2.42. The van der Waals surface area contributed by atoms with Crippen molar-refractivity contribution in [1.29, 1.82) is 0 Å². The number of hydrazine groups is 1. The summed E-state index contributed by atoms with van der Waals surface area (Å²) >= 11 is 9.48. The molecule has 5 nitrogen and oxygen atoms in total. The van der Waals surface area contributed by atoms with Crippen LogP contribution in [0.4, 0.5) is 0 Å². The highest BCUT2D eigenvalue weighted by atomic mass is 79.9. The molecule has 0 unspecified atom stereocenters. The molecule has 7 heteroatoms. The molecule has 2 amide bonds. The molecule has 1 heterocycles. The van der Waals surface area contributed by atoms with E-state index < -0.39 is 12.1 Å². The number of nitrogens with one attached hydrogen (secondary N) is 2. The Kier molecular flexibility index (Phi) is 5.97. The van der Waals surface area contributed by atoms with E-state index in [2.05, 4.69) is 26.7 Å². The molecule has 3 aromatic rings. The molecule has 30 heavy (non-hydrogen) atoms. The van der Waals surface area contributed by atoms with Gasteiger partial charge in [-0.25, -0.2) is 0 Å². The van der Waals surface area contributed by atoms with Crippen molar-refractivity contribution in [3.05, 3.63) is 105 Å². The Labute approximate surface area is 187 Å². The summed E-state index contributed by atoms with van der Waals surface area (Å²) in [6.45, 7) is 0. The monoisotopic (exact) mass is 482 g/mol. The fraction of sp³-hybridized carbons (Fsp3) is 0.0870. The molecule has 0 bridgehead atoms. The third-order valence-corrected chi connectivity index (χ3v) is 5.61. The first kappa shape index (κ1) is 20.3. The molecule has 0 aromatic heterocycles. The summed E-state index contributed by atoms with van der Waals surface area (Å²) in [6, 6.07) is 22.6. The summed E-state index contributed by atoms with van der Waals surface area (Å²) in [6.07, 6.45) is 1.85. The molecule has 1 aliphatic rings. The van der Waals surface area contributed by atoms with Crippen LogP contribution in [0.2, 0.25) is 5.02 Å². The molecular formula is C23H18BrClN3O2+. The zero-order valence-electron chi connectivity index (χ0n) is 15.8. The van der Waals surface area contributed by atoms with Crippen molar-refractivity contribution in [3.8, 4) is 0 Å². The maximum atomic E-state index is 12.8. The summed E-state index contributed by atoms with van der Waals surface area (Å²) in [5.41, 5.74) is 5.12. The van der Waals surface area contributed by atoms with Crippen LogP contribution in [0.3, 0.4) is 0 Å². The SMILES string of the molecule is O=C(N[C@@H]1C(=O)N/[N+](=C\c2ccc(Br)cc2)[C@H]1c1ccc(Cl)cc1)c1ccccc1. The zero-order valence-corrected chi connectivity index (χ0v) is 18.1. The molecule has 0 aliphatic carbocycles. The Balaban J connectivity index is 1.70. The van der Waals surface area contributed by atoms with Gasteiger partial charge in [0.05, 0.1) is 0 Å². The average Bonchev–Trinajstić information content (AvgIpc) is 3.05. The van der Waals surface area contributed by atoms with Crippen molar-refractivity contribution < 1.29 is 14.3 Å². The van der Waals surface area contributed by atoms with Gasteiger partial charge in [-0.3, -0.25) is 9.59 Å². The third-order valence-electron chi connectivity index (χ3n) is 4.83. The Morgan fingerprint density at radius 2 is 1.67 bits per heavy atom. The van der Waals surface area contributed by atoms with Crippen LogP contribution in [0.25, 0.3) is 0 Å². The van der Waals surface area contributed by atoms with Crippen LogP contribution < -0.4 is 10.7 Å². The van der Waals surface area contributed by atoms with E-state index in [1.54, 1.807) is 41.1 Å². The van der Waals surface area contributed by atoms with Gasteiger partial charge in [-0.2, -0.15) is 0 Å². The van der Waals surface area contributed by atoms with E-state index in [0.717, 1.165) is 15.6 Å². The summed E-state index contributed by atoms with van der Waals surface area (Å²) in [5, 5.41) is 3.48. The van der Waals surface area contributed by atoms with Crippen LogP contribution in [0, 0.1) is 0 Å². The summed E-state index contributed by atoms with van der Waals surface area (Å²) in [5.74, 6) is -0.590. The second-order valence-electron chi connectivity index (χ2n) is 6.88. The van der Waals surface area contributed by atoms with E-state index in [-0.39, 0.29) is 11.8 Å². The molecule has 3 aromatic carbocycles. The van der Waals surface area contributed by atoms with Crippen molar-refractivity contribution in [2.45, 2.75) is 12.1 Å². The molecule has 4 rings (SSSR count). The summed E-state index contributed by atoms with van der Waals surface area (Å²) in [7, 11) is 0. The smallest absolute Gasteiger partial charge is 0.304 e. The average molecular weight is 484 g/mol. The summed E-state index contributed by atoms with van der Waals surface area (Å²) < 4.78 is 2.69. The zero-order chi connectivity index (χ0) is 21.1. The first-order chi connectivity index (χ1) is 14.5. The van der Waals surface area contributed by atoms with Crippen molar-refractivity contribution in [3.63, 3.8) is 0 Å². The number of rotatable bonds is 4. The number of hydrogen-bond acceptors (Lipinski definition) is 2. The van der Waals surface area contributed by atoms with Crippen molar-refractivity contribution in [2.75, 3.05) is 0 Å². The molecule has 1 aliphatic heterocycles. The minimum absolute atomic E-state index is 0.285. The molecule has 0 radical (unpaired) electrons. The van der Waals surface area contributed by atoms with Gasteiger partial charge in [0.1, 0.15) is 0 Å². The molecule has 0 spiro atoms. The highest BCUT2D eigenvalue weighted by Gasteiger charge is 2.47. The van der Waals surface area contributed by atoms with E-state index >= 15 is 0 Å². The number of hydrogen-bond donors (Lipinski definition) is 2. The van der Waals surface area contributed by atoms with E-state index in [1.165, 1.54) is 0 Å². The molecule has 1 saturated heterocycles. The molecule has 150 valence electrons. The Hall–Kier alpha value is -2.96. The Morgan fingerprint density at radius 1 is 1.00 bits per heavy atom. The fourth-order valence-electron chi connectivity index (χ4n) is 3.36. The van der Waals surface area contributed by atoms with Gasteiger partial charge in [0.15, 0.2) is 6.04 Å². The molecular weight excluding hydrogens is 466 g/mol. The van der Waals surface area contributed by atoms with Gasteiger partial charge in [0.2, 0.25) is 12.3 Å². The number of amides is 2. The molecule has 2 atom stereocenters. The predicted octanol–water partition coefficient (Wildman–Crippen LogP) is 4.12. The van der Waals surface area contributed by atoms with Gasteiger partial charge in [-0.1, -0.05) is 57.9 Å². The lowest BCUT2D eigenvalue weighted by Gasteiger charge is -2.14. The van der Waals surface area contributed by atoms with Crippen molar-refractivity contribution in [1.82, 2.24) is 10.7 Å². The van der Waals surface area contributed by atoms with Crippen LogP contribution in [0.1, 0.15) is 27.5 Å². The predicted molar refractivity (Wildman–Crippen MR) is 120 cm³/mol. The molecule has 1 fully saturated rings. The molecule has 0 saturated carbocycles. The van der Waals surface area contributed by atoms with Gasteiger partial charge in [-0.15, -0.1) is 10.1 Å². The van der Waals surface area contributed by atoms with Gasteiger partial charge >= 0.3 is 5.91 Å².